The summed E-state index contributed by atoms with van der Waals surface area (Å²) in [6.07, 6.45) is 3.72. The SMILES string of the molecule is CCN1CCCC1CNC(=NCc1nnc(C)n1C)N1CCC(COC)C1.I. The number of hydrogen-bond acceptors (Lipinski definition) is 5. The predicted octanol–water partition coefficient (Wildman–Crippen LogP) is 1.64. The van der Waals surface area contributed by atoms with Crippen LogP contribution in [0.4, 0.5) is 0 Å². The van der Waals surface area contributed by atoms with Gasteiger partial charge >= 0.3 is 0 Å². The number of ether oxygens (including phenoxy) is 1. The Morgan fingerprint density at radius 2 is 2.11 bits per heavy atom. The maximum atomic E-state index is 5.36. The molecule has 0 radical (unpaired) electrons. The van der Waals surface area contributed by atoms with E-state index in [1.165, 1.54) is 19.4 Å². The summed E-state index contributed by atoms with van der Waals surface area (Å²) in [4.78, 5) is 9.84. The van der Waals surface area contributed by atoms with Crippen LogP contribution in [-0.4, -0.2) is 83.0 Å². The maximum Gasteiger partial charge on any atom is 0.194 e. The third-order valence-corrected chi connectivity index (χ3v) is 5.94. The van der Waals surface area contributed by atoms with E-state index in [0.29, 0.717) is 18.5 Å². The fourth-order valence-electron chi connectivity index (χ4n) is 4.15. The first-order valence-electron chi connectivity index (χ1n) is 10.2. The van der Waals surface area contributed by atoms with E-state index in [1.807, 2.05) is 18.5 Å². The van der Waals surface area contributed by atoms with E-state index in [9.17, 15) is 0 Å². The highest BCUT2D eigenvalue weighted by atomic mass is 127. The Morgan fingerprint density at radius 1 is 1.29 bits per heavy atom. The van der Waals surface area contributed by atoms with Crippen molar-refractivity contribution >= 4 is 29.9 Å². The van der Waals surface area contributed by atoms with Crippen LogP contribution in [-0.2, 0) is 18.3 Å². The van der Waals surface area contributed by atoms with Gasteiger partial charge in [0, 0.05) is 45.8 Å². The van der Waals surface area contributed by atoms with Gasteiger partial charge in [-0.3, -0.25) is 4.90 Å². The topological polar surface area (TPSA) is 70.8 Å². The first-order valence-corrected chi connectivity index (χ1v) is 10.2. The summed E-state index contributed by atoms with van der Waals surface area (Å²) in [7, 11) is 3.78. The van der Waals surface area contributed by atoms with Crippen molar-refractivity contribution in [3.63, 3.8) is 0 Å². The summed E-state index contributed by atoms with van der Waals surface area (Å²) < 4.78 is 7.36. The van der Waals surface area contributed by atoms with Gasteiger partial charge in [-0.1, -0.05) is 6.92 Å². The highest BCUT2D eigenvalue weighted by Crippen LogP contribution is 2.18. The summed E-state index contributed by atoms with van der Waals surface area (Å²) in [5.41, 5.74) is 0. The van der Waals surface area contributed by atoms with Crippen LogP contribution in [0.5, 0.6) is 0 Å². The first-order chi connectivity index (χ1) is 13.1. The van der Waals surface area contributed by atoms with Crippen molar-refractivity contribution in [3.8, 4) is 0 Å². The number of methoxy groups -OCH3 is 1. The van der Waals surface area contributed by atoms with E-state index < -0.39 is 0 Å². The largest absolute Gasteiger partial charge is 0.384 e. The molecule has 3 heterocycles. The van der Waals surface area contributed by atoms with E-state index in [0.717, 1.165) is 56.8 Å². The first kappa shape index (κ1) is 23.3. The lowest BCUT2D eigenvalue weighted by molar-refractivity contribution is 0.157. The number of nitrogens with one attached hydrogen (secondary N) is 1. The quantitative estimate of drug-likeness (QED) is 0.345. The summed E-state index contributed by atoms with van der Waals surface area (Å²) in [5.74, 6) is 3.39. The molecule has 3 rings (SSSR count). The Kier molecular flexibility index (Phi) is 9.42. The Morgan fingerprint density at radius 3 is 2.79 bits per heavy atom. The molecule has 0 saturated carbocycles. The molecule has 0 bridgehead atoms. The number of aryl methyl sites for hydroxylation is 1. The summed E-state index contributed by atoms with van der Waals surface area (Å²) >= 11 is 0. The molecule has 1 N–H and O–H groups in total. The molecule has 8 nitrogen and oxygen atoms in total. The molecule has 0 aromatic carbocycles. The molecule has 2 atom stereocenters. The molecule has 2 aliphatic heterocycles. The summed E-state index contributed by atoms with van der Waals surface area (Å²) in [6, 6.07) is 0.606. The molecule has 1 aromatic heterocycles. The minimum absolute atomic E-state index is 0. The van der Waals surface area contributed by atoms with Crippen LogP contribution in [0.25, 0.3) is 0 Å². The van der Waals surface area contributed by atoms with Crippen molar-refractivity contribution in [2.45, 2.75) is 45.7 Å². The number of guanidine groups is 1. The van der Waals surface area contributed by atoms with Crippen LogP contribution in [0.3, 0.4) is 0 Å². The maximum absolute atomic E-state index is 5.36. The lowest BCUT2D eigenvalue weighted by Gasteiger charge is -2.27. The van der Waals surface area contributed by atoms with Gasteiger partial charge < -0.3 is 19.5 Å². The van der Waals surface area contributed by atoms with Gasteiger partial charge in [0.25, 0.3) is 0 Å². The molecule has 9 heteroatoms. The van der Waals surface area contributed by atoms with Gasteiger partial charge in [0.05, 0.1) is 6.61 Å². The van der Waals surface area contributed by atoms with Crippen LogP contribution < -0.4 is 5.32 Å². The zero-order chi connectivity index (χ0) is 19.2. The number of rotatable bonds is 7. The number of likely N-dealkylation sites (N-methyl/N-ethyl adjacent to an activating group) is 1. The van der Waals surface area contributed by atoms with E-state index in [4.69, 9.17) is 9.73 Å². The second kappa shape index (κ2) is 11.3. The molecule has 2 aliphatic rings. The molecule has 2 unspecified atom stereocenters. The van der Waals surface area contributed by atoms with Gasteiger partial charge in [-0.25, -0.2) is 4.99 Å². The molecule has 28 heavy (non-hydrogen) atoms. The number of likely N-dealkylation sites (tertiary alicyclic amines) is 2. The van der Waals surface area contributed by atoms with Crippen molar-refractivity contribution in [1.82, 2.24) is 29.9 Å². The molecular weight excluding hydrogens is 469 g/mol. The minimum Gasteiger partial charge on any atom is -0.384 e. The van der Waals surface area contributed by atoms with Gasteiger partial charge in [0.15, 0.2) is 11.8 Å². The summed E-state index contributed by atoms with van der Waals surface area (Å²) in [5, 5.41) is 12.1. The minimum atomic E-state index is 0. The molecule has 2 saturated heterocycles. The third-order valence-electron chi connectivity index (χ3n) is 5.94. The monoisotopic (exact) mass is 505 g/mol. The summed E-state index contributed by atoms with van der Waals surface area (Å²) in [6.45, 7) is 10.9. The number of hydrogen-bond donors (Lipinski definition) is 1. The second-order valence-electron chi connectivity index (χ2n) is 7.72. The van der Waals surface area contributed by atoms with Gasteiger partial charge in [-0.2, -0.15) is 0 Å². The number of aliphatic imine (C=N–C) groups is 1. The lowest BCUT2D eigenvalue weighted by atomic mass is 10.1. The average Bonchev–Trinajstić information content (AvgIpc) is 3.38. The molecular formula is C19H36IN7O. The Bertz CT molecular complexity index is 636. The highest BCUT2D eigenvalue weighted by Gasteiger charge is 2.27. The van der Waals surface area contributed by atoms with Crippen LogP contribution in [0.1, 0.15) is 37.8 Å². The molecule has 0 amide bonds. The van der Waals surface area contributed by atoms with E-state index in [2.05, 4.69) is 32.2 Å². The Balaban J connectivity index is 0.00000280. The zero-order valence-electron chi connectivity index (χ0n) is 17.7. The fraction of sp³-hybridized carbons (Fsp3) is 0.842. The predicted molar refractivity (Wildman–Crippen MR) is 122 cm³/mol. The molecule has 2 fully saturated rings. The van der Waals surface area contributed by atoms with Crippen molar-refractivity contribution in [2.75, 3.05) is 46.4 Å². The van der Waals surface area contributed by atoms with E-state index >= 15 is 0 Å². The van der Waals surface area contributed by atoms with Crippen LogP contribution >= 0.6 is 24.0 Å². The van der Waals surface area contributed by atoms with Crippen molar-refractivity contribution in [1.29, 1.82) is 0 Å². The molecule has 0 spiro atoms. The van der Waals surface area contributed by atoms with Gasteiger partial charge in [0.1, 0.15) is 12.4 Å². The average molecular weight is 505 g/mol. The normalized spacial score (nSPS) is 23.3. The van der Waals surface area contributed by atoms with Gasteiger partial charge in [-0.05, 0) is 39.3 Å². The standard InChI is InChI=1S/C19H35N7O.HI/c1-5-25-9-6-7-17(25)11-20-19(26-10-8-16(13-26)14-27-4)21-12-18-23-22-15(2)24(18)3;/h16-17H,5-14H2,1-4H3,(H,20,21);1H. The zero-order valence-corrected chi connectivity index (χ0v) is 20.1. The third kappa shape index (κ3) is 5.79. The van der Waals surface area contributed by atoms with E-state index in [-0.39, 0.29) is 24.0 Å². The van der Waals surface area contributed by atoms with Crippen LogP contribution in [0, 0.1) is 12.8 Å². The highest BCUT2D eigenvalue weighted by molar-refractivity contribution is 14.0. The number of halogens is 1. The van der Waals surface area contributed by atoms with Gasteiger partial charge in [0.2, 0.25) is 0 Å². The lowest BCUT2D eigenvalue weighted by Crippen LogP contribution is -2.46. The van der Waals surface area contributed by atoms with Crippen molar-refractivity contribution in [3.05, 3.63) is 11.6 Å². The van der Waals surface area contributed by atoms with E-state index in [1.54, 1.807) is 7.11 Å². The molecule has 1 aromatic rings. The van der Waals surface area contributed by atoms with Crippen LogP contribution in [0.2, 0.25) is 0 Å². The Hall–Kier alpha value is -0.940. The second-order valence-corrected chi connectivity index (χ2v) is 7.72. The molecule has 160 valence electrons. The van der Waals surface area contributed by atoms with Crippen LogP contribution in [0.15, 0.2) is 4.99 Å². The number of nitrogens with zero attached hydrogens (tertiary/aromatic N) is 6. The van der Waals surface area contributed by atoms with Crippen molar-refractivity contribution in [2.24, 2.45) is 18.0 Å². The fourth-order valence-corrected chi connectivity index (χ4v) is 4.15. The smallest absolute Gasteiger partial charge is 0.194 e. The number of aromatic nitrogens is 3. The van der Waals surface area contributed by atoms with Crippen molar-refractivity contribution < 1.29 is 4.74 Å². The van der Waals surface area contributed by atoms with Gasteiger partial charge in [-0.15, -0.1) is 34.2 Å². The molecule has 0 aliphatic carbocycles. The Labute approximate surface area is 186 Å².